The van der Waals surface area contributed by atoms with Crippen molar-refractivity contribution in [3.05, 3.63) is 82.2 Å². The number of imide groups is 1. The molecule has 6 nitrogen and oxygen atoms in total. The number of rotatable bonds is 5. The molecule has 3 aromatic rings. The monoisotopic (exact) mass is 450 g/mol. The van der Waals surface area contributed by atoms with E-state index in [0.29, 0.717) is 22.8 Å². The van der Waals surface area contributed by atoms with Gasteiger partial charge in [-0.05, 0) is 61.0 Å². The Bertz CT molecular complexity index is 1240. The van der Waals surface area contributed by atoms with Crippen LogP contribution in [0.5, 0.6) is 0 Å². The van der Waals surface area contributed by atoms with Crippen molar-refractivity contribution in [2.24, 2.45) is 0 Å². The summed E-state index contributed by atoms with van der Waals surface area (Å²) in [6, 6.07) is 14.8. The molecule has 0 aliphatic carbocycles. The van der Waals surface area contributed by atoms with Crippen molar-refractivity contribution in [1.82, 2.24) is 4.90 Å². The molecule has 0 spiro atoms. The average Bonchev–Trinajstić information content (AvgIpc) is 3.31. The number of nitrogens with one attached hydrogen (secondary N) is 1. The van der Waals surface area contributed by atoms with Crippen molar-refractivity contribution in [1.29, 1.82) is 0 Å². The first-order chi connectivity index (χ1) is 15.3. The zero-order valence-corrected chi connectivity index (χ0v) is 18.2. The predicted octanol–water partition coefficient (Wildman–Crippen LogP) is 5.38. The summed E-state index contributed by atoms with van der Waals surface area (Å²) >= 11 is 0.737. The van der Waals surface area contributed by atoms with Crippen LogP contribution < -0.4 is 5.32 Å². The maximum Gasteiger partial charge on any atom is 0.294 e. The van der Waals surface area contributed by atoms with Gasteiger partial charge in [0.2, 0.25) is 5.91 Å². The number of halogens is 1. The second-order valence-electron chi connectivity index (χ2n) is 7.30. The van der Waals surface area contributed by atoms with E-state index in [1.165, 1.54) is 18.2 Å². The molecule has 8 heteroatoms. The normalized spacial score (nSPS) is 15.0. The number of nitrogens with zero attached hydrogens (tertiary/aromatic N) is 1. The van der Waals surface area contributed by atoms with E-state index >= 15 is 0 Å². The van der Waals surface area contributed by atoms with E-state index in [1.807, 2.05) is 32.0 Å². The van der Waals surface area contributed by atoms with Gasteiger partial charge in [0, 0.05) is 17.3 Å². The van der Waals surface area contributed by atoms with Crippen LogP contribution in [-0.2, 0) is 9.59 Å². The van der Waals surface area contributed by atoms with Crippen LogP contribution in [0.2, 0.25) is 0 Å². The number of amides is 3. The Morgan fingerprint density at radius 1 is 1.09 bits per heavy atom. The fraction of sp³-hybridized carbons (Fsp3) is 0.125. The molecule has 2 heterocycles. The molecule has 1 fully saturated rings. The minimum absolute atomic E-state index is 0.148. The van der Waals surface area contributed by atoms with E-state index < -0.39 is 17.1 Å². The van der Waals surface area contributed by atoms with Crippen LogP contribution in [0.15, 0.2) is 63.9 Å². The van der Waals surface area contributed by atoms with Crippen LogP contribution in [0.4, 0.5) is 14.9 Å². The van der Waals surface area contributed by atoms with Crippen molar-refractivity contribution in [3.8, 4) is 11.3 Å². The summed E-state index contributed by atoms with van der Waals surface area (Å²) in [5, 5.41) is 2.24. The fourth-order valence-corrected chi connectivity index (χ4v) is 4.15. The average molecular weight is 450 g/mol. The molecule has 4 rings (SSSR count). The highest BCUT2D eigenvalue weighted by atomic mass is 32.2. The van der Waals surface area contributed by atoms with Crippen LogP contribution in [-0.4, -0.2) is 28.5 Å². The van der Waals surface area contributed by atoms with Crippen molar-refractivity contribution >= 4 is 40.6 Å². The molecule has 0 radical (unpaired) electrons. The van der Waals surface area contributed by atoms with Crippen LogP contribution in [0.3, 0.4) is 0 Å². The Kier molecular flexibility index (Phi) is 5.96. The number of aryl methyl sites for hydroxylation is 2. The summed E-state index contributed by atoms with van der Waals surface area (Å²) in [5.41, 5.74) is 3.00. The zero-order chi connectivity index (χ0) is 22.8. The molecule has 32 heavy (non-hydrogen) atoms. The molecule has 0 unspecified atom stereocenters. The summed E-state index contributed by atoms with van der Waals surface area (Å²) < 4.78 is 19.1. The standard InChI is InChI=1S/C24H19FN2O4S/c1-14-5-3-6-15(2)22(14)26-21(28)13-27-23(29)20(32-24(27)30)12-18-9-10-19(31-18)16-7-4-8-17(25)11-16/h3-12H,13H2,1-2H3,(H,26,28)/b20-12-. The van der Waals surface area contributed by atoms with Gasteiger partial charge in [-0.2, -0.15) is 0 Å². The van der Waals surface area contributed by atoms with E-state index in [-0.39, 0.29) is 17.3 Å². The molecule has 1 N–H and O–H groups in total. The molecule has 1 saturated heterocycles. The summed E-state index contributed by atoms with van der Waals surface area (Å²) in [7, 11) is 0. The van der Waals surface area contributed by atoms with Crippen molar-refractivity contribution in [2.75, 3.05) is 11.9 Å². The molecule has 0 atom stereocenters. The van der Waals surface area contributed by atoms with E-state index in [0.717, 1.165) is 27.8 Å². The summed E-state index contributed by atoms with van der Waals surface area (Å²) in [6.07, 6.45) is 1.44. The number of carbonyl (C=O) groups is 3. The molecule has 0 bridgehead atoms. The maximum atomic E-state index is 13.4. The Labute approximate surface area is 188 Å². The van der Waals surface area contributed by atoms with Crippen LogP contribution in [0, 0.1) is 19.7 Å². The predicted molar refractivity (Wildman–Crippen MR) is 121 cm³/mol. The molecule has 162 valence electrons. The molecule has 1 aliphatic heterocycles. The largest absolute Gasteiger partial charge is 0.457 e. The minimum Gasteiger partial charge on any atom is -0.457 e. The van der Waals surface area contributed by atoms with Crippen molar-refractivity contribution in [3.63, 3.8) is 0 Å². The van der Waals surface area contributed by atoms with Gasteiger partial charge in [0.05, 0.1) is 4.91 Å². The van der Waals surface area contributed by atoms with Crippen LogP contribution in [0.1, 0.15) is 16.9 Å². The second-order valence-corrected chi connectivity index (χ2v) is 8.29. The van der Waals surface area contributed by atoms with E-state index in [9.17, 15) is 18.8 Å². The summed E-state index contributed by atoms with van der Waals surface area (Å²) in [4.78, 5) is 38.6. The first kappa shape index (κ1) is 21.6. The minimum atomic E-state index is -0.569. The number of hydrogen-bond donors (Lipinski definition) is 1. The van der Waals surface area contributed by atoms with Gasteiger partial charge in [-0.15, -0.1) is 0 Å². The van der Waals surface area contributed by atoms with Gasteiger partial charge in [0.1, 0.15) is 23.9 Å². The number of furan rings is 1. The molecule has 3 amide bonds. The maximum absolute atomic E-state index is 13.4. The lowest BCUT2D eigenvalue weighted by molar-refractivity contribution is -0.127. The Hall–Kier alpha value is -3.65. The number of carbonyl (C=O) groups excluding carboxylic acids is 3. The number of benzene rings is 2. The highest BCUT2D eigenvalue weighted by Crippen LogP contribution is 2.33. The molecule has 1 aromatic heterocycles. The molecule has 1 aliphatic rings. The zero-order valence-electron chi connectivity index (χ0n) is 17.3. The van der Waals surface area contributed by atoms with Crippen molar-refractivity contribution < 1.29 is 23.2 Å². The Morgan fingerprint density at radius 3 is 2.53 bits per heavy atom. The number of thioether (sulfide) groups is 1. The SMILES string of the molecule is Cc1cccc(C)c1NC(=O)CN1C(=O)S/C(=C\c2ccc(-c3cccc(F)c3)o2)C1=O. The highest BCUT2D eigenvalue weighted by Gasteiger charge is 2.36. The summed E-state index contributed by atoms with van der Waals surface area (Å²) in [6.45, 7) is 3.35. The molecule has 2 aromatic carbocycles. The fourth-order valence-electron chi connectivity index (χ4n) is 3.33. The molecule has 0 saturated carbocycles. The lowest BCUT2D eigenvalue weighted by atomic mass is 10.1. The Morgan fingerprint density at radius 2 is 1.81 bits per heavy atom. The Balaban J connectivity index is 1.47. The van der Waals surface area contributed by atoms with Crippen molar-refractivity contribution in [2.45, 2.75) is 13.8 Å². The topological polar surface area (TPSA) is 79.6 Å². The quantitative estimate of drug-likeness (QED) is 0.528. The first-order valence-corrected chi connectivity index (χ1v) is 10.6. The van der Waals surface area contributed by atoms with Gasteiger partial charge in [0.25, 0.3) is 11.1 Å². The van der Waals surface area contributed by atoms with Crippen LogP contribution >= 0.6 is 11.8 Å². The van der Waals surface area contributed by atoms with Gasteiger partial charge in [-0.1, -0.05) is 30.3 Å². The lowest BCUT2D eigenvalue weighted by Crippen LogP contribution is -2.36. The third-order valence-corrected chi connectivity index (χ3v) is 5.84. The number of anilines is 1. The van der Waals surface area contributed by atoms with Gasteiger partial charge in [-0.3, -0.25) is 19.3 Å². The van der Waals surface area contributed by atoms with Gasteiger partial charge >= 0.3 is 0 Å². The van der Waals surface area contributed by atoms with Gasteiger partial charge in [-0.25, -0.2) is 4.39 Å². The third kappa shape index (κ3) is 4.50. The number of hydrogen-bond acceptors (Lipinski definition) is 5. The van der Waals surface area contributed by atoms with Gasteiger partial charge < -0.3 is 9.73 Å². The second kappa shape index (κ2) is 8.84. The summed E-state index contributed by atoms with van der Waals surface area (Å²) in [5.74, 6) is -0.642. The van der Waals surface area contributed by atoms with Crippen LogP contribution in [0.25, 0.3) is 17.4 Å². The molecular weight excluding hydrogens is 431 g/mol. The first-order valence-electron chi connectivity index (χ1n) is 9.79. The smallest absolute Gasteiger partial charge is 0.294 e. The van der Waals surface area contributed by atoms with E-state index in [1.54, 1.807) is 24.3 Å². The number of para-hydroxylation sites is 1. The van der Waals surface area contributed by atoms with Gasteiger partial charge in [0.15, 0.2) is 0 Å². The molecular formula is C24H19FN2O4S. The van der Waals surface area contributed by atoms with E-state index in [2.05, 4.69) is 5.32 Å². The third-order valence-electron chi connectivity index (χ3n) is 4.93. The van der Waals surface area contributed by atoms with E-state index in [4.69, 9.17) is 4.42 Å². The highest BCUT2D eigenvalue weighted by molar-refractivity contribution is 8.18. The lowest BCUT2D eigenvalue weighted by Gasteiger charge is -2.15.